The molecule has 2 heterocycles. The molecule has 0 bridgehead atoms. The van der Waals surface area contributed by atoms with Crippen LogP contribution in [0.5, 0.6) is 0 Å². The third-order valence-electron chi connectivity index (χ3n) is 2.52. The van der Waals surface area contributed by atoms with Crippen LogP contribution >= 0.6 is 15.9 Å². The number of para-hydroxylation sites is 1. The van der Waals surface area contributed by atoms with Crippen LogP contribution in [0, 0.1) is 0 Å². The number of halogens is 1. The van der Waals surface area contributed by atoms with Gasteiger partial charge < -0.3 is 4.98 Å². The molecule has 0 unspecified atom stereocenters. The Morgan fingerprint density at radius 1 is 1.00 bits per heavy atom. The van der Waals surface area contributed by atoms with Crippen LogP contribution in [0.3, 0.4) is 0 Å². The summed E-state index contributed by atoms with van der Waals surface area (Å²) in [4.78, 5) is 7.78. The molecule has 3 aromatic rings. The van der Waals surface area contributed by atoms with E-state index in [2.05, 4.69) is 44.1 Å². The van der Waals surface area contributed by atoms with Crippen LogP contribution in [-0.4, -0.2) is 9.97 Å². The molecule has 0 radical (unpaired) electrons. The molecule has 0 aliphatic carbocycles. The van der Waals surface area contributed by atoms with Crippen molar-refractivity contribution < 1.29 is 0 Å². The largest absolute Gasteiger partial charge is 0.353 e. The van der Waals surface area contributed by atoms with E-state index in [9.17, 15) is 0 Å². The van der Waals surface area contributed by atoms with E-state index in [0.29, 0.717) is 0 Å². The van der Waals surface area contributed by atoms with E-state index in [1.54, 1.807) is 0 Å². The topological polar surface area (TPSA) is 28.7 Å². The molecule has 0 saturated carbocycles. The predicted molar refractivity (Wildman–Crippen MR) is 69.2 cm³/mol. The summed E-state index contributed by atoms with van der Waals surface area (Å²) in [5.74, 6) is 0. The number of nitrogens with zero attached hydrogens (tertiary/aromatic N) is 1. The van der Waals surface area contributed by atoms with Crippen LogP contribution in [0.1, 0.15) is 0 Å². The SMILES string of the molecule is Brc1cccc(-c2cc3ccccc3[nH]2)n1. The smallest absolute Gasteiger partial charge is 0.106 e. The number of nitrogens with one attached hydrogen (secondary N) is 1. The summed E-state index contributed by atoms with van der Waals surface area (Å²) >= 11 is 3.38. The lowest BCUT2D eigenvalue weighted by Gasteiger charge is -1.96. The quantitative estimate of drug-likeness (QED) is 0.667. The number of fused-ring (bicyclic) bond motifs is 1. The van der Waals surface area contributed by atoms with Crippen LogP contribution < -0.4 is 0 Å². The average molecular weight is 273 g/mol. The maximum Gasteiger partial charge on any atom is 0.106 e. The molecule has 0 fully saturated rings. The lowest BCUT2D eigenvalue weighted by atomic mass is 10.2. The van der Waals surface area contributed by atoms with Gasteiger partial charge in [0.2, 0.25) is 0 Å². The molecule has 2 aromatic heterocycles. The number of benzene rings is 1. The second-order valence-corrected chi connectivity index (χ2v) is 4.43. The van der Waals surface area contributed by atoms with Gasteiger partial charge >= 0.3 is 0 Å². The summed E-state index contributed by atoms with van der Waals surface area (Å²) in [6, 6.07) is 16.2. The van der Waals surface area contributed by atoms with Crippen molar-refractivity contribution in [2.24, 2.45) is 0 Å². The molecule has 3 heteroatoms. The van der Waals surface area contributed by atoms with Gasteiger partial charge in [-0.3, -0.25) is 0 Å². The molecular formula is C13H9BrN2. The minimum atomic E-state index is 0.851. The fraction of sp³-hybridized carbons (Fsp3) is 0. The zero-order valence-electron chi connectivity index (χ0n) is 8.44. The molecule has 16 heavy (non-hydrogen) atoms. The van der Waals surface area contributed by atoms with Crippen LogP contribution in [0.25, 0.3) is 22.3 Å². The summed E-state index contributed by atoms with van der Waals surface area (Å²) in [6.07, 6.45) is 0. The minimum absolute atomic E-state index is 0.851. The first-order chi connectivity index (χ1) is 7.83. The van der Waals surface area contributed by atoms with E-state index in [0.717, 1.165) is 21.5 Å². The van der Waals surface area contributed by atoms with E-state index in [1.807, 2.05) is 30.3 Å². The molecule has 1 aromatic carbocycles. The van der Waals surface area contributed by atoms with E-state index in [1.165, 1.54) is 5.39 Å². The Kier molecular flexibility index (Phi) is 2.26. The highest BCUT2D eigenvalue weighted by molar-refractivity contribution is 9.10. The van der Waals surface area contributed by atoms with E-state index < -0.39 is 0 Å². The lowest BCUT2D eigenvalue weighted by Crippen LogP contribution is -1.82. The summed E-state index contributed by atoms with van der Waals surface area (Å²) in [7, 11) is 0. The second-order valence-electron chi connectivity index (χ2n) is 3.62. The van der Waals surface area contributed by atoms with Gasteiger partial charge in [-0.2, -0.15) is 0 Å². The molecule has 3 rings (SSSR count). The number of aromatic amines is 1. The van der Waals surface area contributed by atoms with Crippen molar-refractivity contribution >= 4 is 26.8 Å². The number of rotatable bonds is 1. The first-order valence-electron chi connectivity index (χ1n) is 5.03. The van der Waals surface area contributed by atoms with Crippen molar-refractivity contribution in [3.8, 4) is 11.4 Å². The Morgan fingerprint density at radius 2 is 1.88 bits per heavy atom. The fourth-order valence-corrected chi connectivity index (χ4v) is 2.11. The molecule has 0 aliphatic heterocycles. The number of hydrogen-bond acceptors (Lipinski definition) is 1. The van der Waals surface area contributed by atoms with Gasteiger partial charge in [0.15, 0.2) is 0 Å². The predicted octanol–water partition coefficient (Wildman–Crippen LogP) is 3.99. The molecule has 0 amide bonds. The van der Waals surface area contributed by atoms with E-state index in [-0.39, 0.29) is 0 Å². The maximum atomic E-state index is 4.42. The number of hydrogen-bond donors (Lipinski definition) is 1. The lowest BCUT2D eigenvalue weighted by molar-refractivity contribution is 1.25. The van der Waals surface area contributed by atoms with Crippen molar-refractivity contribution in [2.45, 2.75) is 0 Å². The Bertz CT molecular complexity index is 610. The molecule has 1 N–H and O–H groups in total. The van der Waals surface area contributed by atoms with Gasteiger partial charge in [-0.25, -0.2) is 4.98 Å². The van der Waals surface area contributed by atoms with Crippen LogP contribution in [0.2, 0.25) is 0 Å². The third kappa shape index (κ3) is 1.63. The van der Waals surface area contributed by atoms with E-state index >= 15 is 0 Å². The Balaban J connectivity index is 2.19. The summed E-state index contributed by atoms with van der Waals surface area (Å²) in [6.45, 7) is 0. The normalized spacial score (nSPS) is 10.8. The standard InChI is InChI=1S/C13H9BrN2/c14-13-7-3-6-11(16-13)12-8-9-4-1-2-5-10(9)15-12/h1-8,15H. The maximum absolute atomic E-state index is 4.42. The fourth-order valence-electron chi connectivity index (χ4n) is 1.77. The Morgan fingerprint density at radius 3 is 2.69 bits per heavy atom. The van der Waals surface area contributed by atoms with Gasteiger partial charge in [-0.1, -0.05) is 24.3 Å². The van der Waals surface area contributed by atoms with Crippen LogP contribution in [0.4, 0.5) is 0 Å². The minimum Gasteiger partial charge on any atom is -0.353 e. The Labute approximate surface area is 101 Å². The number of H-pyrrole nitrogens is 1. The van der Waals surface area contributed by atoms with Gasteiger partial charge in [0, 0.05) is 10.9 Å². The zero-order valence-corrected chi connectivity index (χ0v) is 10.0. The first kappa shape index (κ1) is 9.60. The van der Waals surface area contributed by atoms with Gasteiger partial charge in [0.1, 0.15) is 4.60 Å². The van der Waals surface area contributed by atoms with Gasteiger partial charge in [0.05, 0.1) is 11.4 Å². The number of pyridine rings is 1. The highest BCUT2D eigenvalue weighted by atomic mass is 79.9. The van der Waals surface area contributed by atoms with Crippen molar-refractivity contribution in [1.82, 2.24) is 9.97 Å². The van der Waals surface area contributed by atoms with Gasteiger partial charge in [-0.15, -0.1) is 0 Å². The zero-order chi connectivity index (χ0) is 11.0. The van der Waals surface area contributed by atoms with Crippen LogP contribution in [-0.2, 0) is 0 Å². The summed E-state index contributed by atoms with van der Waals surface area (Å²) in [5.41, 5.74) is 3.13. The third-order valence-corrected chi connectivity index (χ3v) is 2.96. The monoisotopic (exact) mass is 272 g/mol. The van der Waals surface area contributed by atoms with Crippen LogP contribution in [0.15, 0.2) is 53.1 Å². The molecule has 0 saturated heterocycles. The van der Waals surface area contributed by atoms with Crippen molar-refractivity contribution in [1.29, 1.82) is 0 Å². The molecular weight excluding hydrogens is 264 g/mol. The van der Waals surface area contributed by atoms with Crippen molar-refractivity contribution in [3.63, 3.8) is 0 Å². The van der Waals surface area contributed by atoms with E-state index in [4.69, 9.17) is 0 Å². The van der Waals surface area contributed by atoms with Crippen molar-refractivity contribution in [3.05, 3.63) is 53.1 Å². The average Bonchev–Trinajstić information content (AvgIpc) is 2.72. The summed E-state index contributed by atoms with van der Waals surface area (Å²) in [5, 5.41) is 1.21. The Hall–Kier alpha value is -1.61. The molecule has 78 valence electrons. The van der Waals surface area contributed by atoms with Crippen molar-refractivity contribution in [2.75, 3.05) is 0 Å². The molecule has 2 nitrogen and oxygen atoms in total. The molecule has 0 atom stereocenters. The second kappa shape index (κ2) is 3.76. The molecule has 0 spiro atoms. The number of aromatic nitrogens is 2. The highest BCUT2D eigenvalue weighted by Crippen LogP contribution is 2.23. The highest BCUT2D eigenvalue weighted by Gasteiger charge is 2.03. The van der Waals surface area contributed by atoms with Gasteiger partial charge in [0.25, 0.3) is 0 Å². The summed E-state index contributed by atoms with van der Waals surface area (Å²) < 4.78 is 0.851. The van der Waals surface area contributed by atoms with Gasteiger partial charge in [-0.05, 0) is 40.2 Å². The molecule has 0 aliphatic rings. The first-order valence-corrected chi connectivity index (χ1v) is 5.83.